The highest BCUT2D eigenvalue weighted by Gasteiger charge is 2.19. The second-order valence-corrected chi connectivity index (χ2v) is 7.43. The number of aliphatic hydroxyl groups excluding tert-OH is 1. The van der Waals surface area contributed by atoms with Crippen molar-refractivity contribution in [2.75, 3.05) is 32.8 Å². The number of fused-ring (bicyclic) bond motifs is 1. The van der Waals surface area contributed by atoms with Gasteiger partial charge in [0.25, 0.3) is 0 Å². The zero-order valence-electron chi connectivity index (χ0n) is 16.5. The van der Waals surface area contributed by atoms with E-state index >= 15 is 0 Å². The maximum absolute atomic E-state index is 11.5. The molecule has 1 aliphatic heterocycles. The van der Waals surface area contributed by atoms with Gasteiger partial charge in [0.2, 0.25) is 5.91 Å². The summed E-state index contributed by atoms with van der Waals surface area (Å²) in [7, 11) is 0. The molecule has 152 valence electrons. The van der Waals surface area contributed by atoms with E-state index in [2.05, 4.69) is 17.5 Å². The number of carbonyl (C=O) groups is 1. The van der Waals surface area contributed by atoms with E-state index in [1.165, 1.54) is 0 Å². The number of aliphatic hydroxyl groups is 1. The van der Waals surface area contributed by atoms with Crippen LogP contribution >= 0.6 is 0 Å². The molecule has 1 atom stereocenters. The van der Waals surface area contributed by atoms with Gasteiger partial charge in [0, 0.05) is 19.6 Å². The Bertz CT molecular complexity index is 1090. The van der Waals surface area contributed by atoms with Crippen LogP contribution in [0.2, 0.25) is 0 Å². The molecule has 1 heterocycles. The van der Waals surface area contributed by atoms with Crippen molar-refractivity contribution in [3.05, 3.63) is 66.2 Å². The van der Waals surface area contributed by atoms with Crippen molar-refractivity contribution < 1.29 is 14.6 Å². The van der Waals surface area contributed by atoms with E-state index in [0.717, 1.165) is 28.4 Å². The minimum atomic E-state index is -0.694. The Morgan fingerprint density at radius 2 is 1.97 bits per heavy atom. The van der Waals surface area contributed by atoms with Crippen LogP contribution < -0.4 is 10.1 Å². The SMILES string of the molecule is N#Cc1ccc(-c2cc(OCC(O)CN3CCNC(=O)C3)cc3ccccc23)cc1. The molecule has 1 unspecified atom stereocenters. The fraction of sp³-hybridized carbons (Fsp3) is 0.250. The summed E-state index contributed by atoms with van der Waals surface area (Å²) < 4.78 is 5.92. The number of rotatable bonds is 6. The molecule has 1 amide bonds. The van der Waals surface area contributed by atoms with E-state index < -0.39 is 6.10 Å². The molecule has 3 aromatic rings. The minimum Gasteiger partial charge on any atom is -0.491 e. The number of piperazine rings is 1. The van der Waals surface area contributed by atoms with Gasteiger partial charge in [0.05, 0.1) is 18.2 Å². The van der Waals surface area contributed by atoms with Gasteiger partial charge in [0.1, 0.15) is 18.5 Å². The zero-order valence-corrected chi connectivity index (χ0v) is 16.5. The van der Waals surface area contributed by atoms with Crippen LogP contribution in [0, 0.1) is 11.3 Å². The number of nitrogens with one attached hydrogen (secondary N) is 1. The molecule has 0 radical (unpaired) electrons. The Morgan fingerprint density at radius 1 is 1.17 bits per heavy atom. The molecule has 1 saturated heterocycles. The van der Waals surface area contributed by atoms with E-state index in [-0.39, 0.29) is 12.5 Å². The van der Waals surface area contributed by atoms with Gasteiger partial charge in [-0.1, -0.05) is 36.4 Å². The summed E-state index contributed by atoms with van der Waals surface area (Å²) in [6.07, 6.45) is -0.694. The van der Waals surface area contributed by atoms with Gasteiger partial charge in [-0.2, -0.15) is 5.26 Å². The first-order chi connectivity index (χ1) is 14.6. The molecular weight excluding hydrogens is 378 g/mol. The van der Waals surface area contributed by atoms with Gasteiger partial charge >= 0.3 is 0 Å². The van der Waals surface area contributed by atoms with Crippen LogP contribution in [0.25, 0.3) is 21.9 Å². The second-order valence-electron chi connectivity index (χ2n) is 7.43. The van der Waals surface area contributed by atoms with Crippen molar-refractivity contribution in [3.8, 4) is 22.9 Å². The number of β-amino-alcohol motifs (C(OH)–C–C–N with tert-alkyl or cyclic N) is 1. The van der Waals surface area contributed by atoms with Gasteiger partial charge in [-0.25, -0.2) is 0 Å². The fourth-order valence-electron chi connectivity index (χ4n) is 3.72. The Balaban J connectivity index is 1.52. The molecule has 0 spiro atoms. The molecule has 30 heavy (non-hydrogen) atoms. The number of nitrogens with zero attached hydrogens (tertiary/aromatic N) is 2. The molecule has 0 saturated carbocycles. The third-order valence-electron chi connectivity index (χ3n) is 5.19. The highest BCUT2D eigenvalue weighted by atomic mass is 16.5. The predicted molar refractivity (Wildman–Crippen MR) is 115 cm³/mol. The lowest BCUT2D eigenvalue weighted by atomic mass is 9.97. The summed E-state index contributed by atoms with van der Waals surface area (Å²) >= 11 is 0. The second kappa shape index (κ2) is 8.95. The van der Waals surface area contributed by atoms with Crippen molar-refractivity contribution in [2.24, 2.45) is 0 Å². The van der Waals surface area contributed by atoms with Crippen LogP contribution in [-0.4, -0.2) is 54.8 Å². The van der Waals surface area contributed by atoms with Crippen LogP contribution in [0.1, 0.15) is 5.56 Å². The summed E-state index contributed by atoms with van der Waals surface area (Å²) in [4.78, 5) is 13.4. The summed E-state index contributed by atoms with van der Waals surface area (Å²) in [6.45, 7) is 2.16. The number of amides is 1. The maximum Gasteiger partial charge on any atom is 0.234 e. The number of benzene rings is 3. The van der Waals surface area contributed by atoms with Crippen molar-refractivity contribution in [1.82, 2.24) is 10.2 Å². The normalized spacial score (nSPS) is 15.4. The first kappa shape index (κ1) is 19.9. The molecule has 2 N–H and O–H groups in total. The Kier molecular flexibility index (Phi) is 5.94. The lowest BCUT2D eigenvalue weighted by Crippen LogP contribution is -2.50. The largest absolute Gasteiger partial charge is 0.491 e. The highest BCUT2D eigenvalue weighted by Crippen LogP contribution is 2.33. The average molecular weight is 401 g/mol. The van der Waals surface area contributed by atoms with E-state index in [9.17, 15) is 9.90 Å². The number of nitriles is 1. The smallest absolute Gasteiger partial charge is 0.234 e. The third kappa shape index (κ3) is 4.60. The highest BCUT2D eigenvalue weighted by molar-refractivity contribution is 5.98. The van der Waals surface area contributed by atoms with Crippen LogP contribution in [0.15, 0.2) is 60.7 Å². The van der Waals surface area contributed by atoms with E-state index in [1.54, 1.807) is 12.1 Å². The van der Waals surface area contributed by atoms with E-state index in [4.69, 9.17) is 10.00 Å². The number of hydrogen-bond donors (Lipinski definition) is 2. The van der Waals surface area contributed by atoms with E-state index in [0.29, 0.717) is 30.9 Å². The molecule has 6 nitrogen and oxygen atoms in total. The van der Waals surface area contributed by atoms with Gasteiger partial charge < -0.3 is 15.2 Å². The van der Waals surface area contributed by atoms with E-state index in [1.807, 2.05) is 47.4 Å². The maximum atomic E-state index is 11.5. The number of carbonyl (C=O) groups excluding carboxylic acids is 1. The Labute approximate surface area is 175 Å². The van der Waals surface area contributed by atoms with Gasteiger partial charge in [-0.3, -0.25) is 9.69 Å². The number of hydrogen-bond acceptors (Lipinski definition) is 5. The lowest BCUT2D eigenvalue weighted by molar-refractivity contribution is -0.124. The average Bonchev–Trinajstić information content (AvgIpc) is 2.77. The fourth-order valence-corrected chi connectivity index (χ4v) is 3.72. The van der Waals surface area contributed by atoms with Crippen molar-refractivity contribution in [3.63, 3.8) is 0 Å². The molecule has 1 fully saturated rings. The molecule has 6 heteroatoms. The molecule has 0 aromatic heterocycles. The van der Waals surface area contributed by atoms with Crippen LogP contribution in [-0.2, 0) is 4.79 Å². The quantitative estimate of drug-likeness (QED) is 0.663. The Morgan fingerprint density at radius 3 is 2.73 bits per heavy atom. The monoisotopic (exact) mass is 401 g/mol. The predicted octanol–water partition coefficient (Wildman–Crippen LogP) is 2.55. The van der Waals surface area contributed by atoms with Crippen LogP contribution in [0.3, 0.4) is 0 Å². The standard InChI is InChI=1S/C24H23N3O3/c25-13-17-5-7-18(8-6-17)23-12-21(11-19-3-1-2-4-22(19)23)30-16-20(28)14-27-10-9-26-24(29)15-27/h1-8,11-12,20,28H,9-10,14-16H2,(H,26,29). The van der Waals surface area contributed by atoms with Crippen molar-refractivity contribution in [1.29, 1.82) is 5.26 Å². The minimum absolute atomic E-state index is 0.0176. The van der Waals surface area contributed by atoms with Gasteiger partial charge in [-0.15, -0.1) is 0 Å². The summed E-state index contributed by atoms with van der Waals surface area (Å²) in [6, 6.07) is 21.6. The molecule has 3 aromatic carbocycles. The topological polar surface area (TPSA) is 85.6 Å². The third-order valence-corrected chi connectivity index (χ3v) is 5.19. The molecular formula is C24H23N3O3. The zero-order chi connectivity index (χ0) is 20.9. The van der Waals surface area contributed by atoms with Crippen molar-refractivity contribution in [2.45, 2.75) is 6.10 Å². The first-order valence-corrected chi connectivity index (χ1v) is 9.95. The molecule has 4 rings (SSSR count). The summed E-state index contributed by atoms with van der Waals surface area (Å²) in [5.41, 5.74) is 2.62. The van der Waals surface area contributed by atoms with Gasteiger partial charge in [-0.05, 0) is 46.2 Å². The Hall–Kier alpha value is -3.40. The van der Waals surface area contributed by atoms with Crippen LogP contribution in [0.4, 0.5) is 0 Å². The number of ether oxygens (including phenoxy) is 1. The molecule has 1 aliphatic rings. The van der Waals surface area contributed by atoms with Crippen LogP contribution in [0.5, 0.6) is 5.75 Å². The summed E-state index contributed by atoms with van der Waals surface area (Å²) in [5, 5.41) is 24.3. The molecule has 0 bridgehead atoms. The van der Waals surface area contributed by atoms with Crippen molar-refractivity contribution >= 4 is 16.7 Å². The first-order valence-electron chi connectivity index (χ1n) is 9.95. The summed E-state index contributed by atoms with van der Waals surface area (Å²) in [5.74, 6) is 0.652. The van der Waals surface area contributed by atoms with Gasteiger partial charge in [0.15, 0.2) is 0 Å². The lowest BCUT2D eigenvalue weighted by Gasteiger charge is -2.28. The molecule has 0 aliphatic carbocycles.